The second-order valence-corrected chi connectivity index (χ2v) is 11.2. The monoisotopic (exact) mass is 614 g/mol. The molecular formula is C23H18Br2Cl2N2O4. The Balaban J connectivity index is 1.69. The lowest BCUT2D eigenvalue weighted by Crippen LogP contribution is -2.52. The third-order valence-corrected chi connectivity index (χ3v) is 9.15. The van der Waals surface area contributed by atoms with Crippen molar-refractivity contribution in [3.63, 3.8) is 0 Å². The summed E-state index contributed by atoms with van der Waals surface area (Å²) in [4.78, 5) is 53.1. The molecule has 2 aromatic carbocycles. The number of carbonyl (C=O) groups is 4. The summed E-state index contributed by atoms with van der Waals surface area (Å²) in [6.07, 6.45) is 0.908. The van der Waals surface area contributed by atoms with E-state index < -0.39 is 41.9 Å². The number of fused-ring (bicyclic) bond motifs is 1. The molecular weight excluding hydrogens is 599 g/mol. The molecule has 3 amide bonds. The summed E-state index contributed by atoms with van der Waals surface area (Å²) in [6, 6.07) is 12.2. The van der Waals surface area contributed by atoms with Crippen LogP contribution in [0, 0.1) is 11.8 Å². The summed E-state index contributed by atoms with van der Waals surface area (Å²) in [7, 11) is 0. The molecule has 1 saturated heterocycles. The SMILES string of the molecule is O=C(CN(C(=O)c1ccc(Cl)cc1)N1C(=O)[C@@H]2C[C@@H](Br)[C@@H](Br)C[C@H]2C1=O)c1ccc(Cl)cc1. The number of amides is 3. The zero-order valence-electron chi connectivity index (χ0n) is 17.1. The van der Waals surface area contributed by atoms with Crippen molar-refractivity contribution in [2.75, 3.05) is 6.54 Å². The molecule has 6 nitrogen and oxygen atoms in total. The highest BCUT2D eigenvalue weighted by Crippen LogP contribution is 2.43. The minimum atomic E-state index is -0.639. The van der Waals surface area contributed by atoms with Crippen molar-refractivity contribution in [2.24, 2.45) is 11.8 Å². The first kappa shape index (κ1) is 24.4. The molecule has 0 aromatic heterocycles. The van der Waals surface area contributed by atoms with Gasteiger partial charge in [-0.15, -0.1) is 0 Å². The molecule has 172 valence electrons. The first-order valence-electron chi connectivity index (χ1n) is 10.2. The lowest BCUT2D eigenvalue weighted by atomic mass is 9.81. The largest absolute Gasteiger partial charge is 0.292 e. The maximum Gasteiger partial charge on any atom is 0.273 e. The minimum absolute atomic E-state index is 0.0200. The van der Waals surface area contributed by atoms with Crippen LogP contribution in [-0.2, 0) is 9.59 Å². The first-order valence-corrected chi connectivity index (χ1v) is 12.8. The van der Waals surface area contributed by atoms with Crippen LogP contribution < -0.4 is 0 Å². The standard InChI is InChI=1S/C23H18Br2Cl2N2O4/c24-18-9-16-17(10-19(18)25)23(33)29(22(16)32)28(21(31)13-3-7-15(27)8-4-13)11-20(30)12-1-5-14(26)6-2-12/h1-8,16-19H,9-11H2/t16-,17-,18-,19+/m1/s1. The molecule has 2 aliphatic rings. The molecule has 4 rings (SSSR count). The Hall–Kier alpha value is -1.74. The molecule has 0 bridgehead atoms. The minimum Gasteiger partial charge on any atom is -0.292 e. The van der Waals surface area contributed by atoms with E-state index in [9.17, 15) is 19.2 Å². The van der Waals surface area contributed by atoms with E-state index in [1.54, 1.807) is 12.1 Å². The summed E-state index contributed by atoms with van der Waals surface area (Å²) >= 11 is 19.0. The van der Waals surface area contributed by atoms with Gasteiger partial charge in [-0.3, -0.25) is 19.2 Å². The number of hydrogen-bond acceptors (Lipinski definition) is 4. The zero-order chi connectivity index (χ0) is 23.9. The fraction of sp³-hybridized carbons (Fsp3) is 0.304. The van der Waals surface area contributed by atoms with E-state index in [2.05, 4.69) is 31.9 Å². The molecule has 0 spiro atoms. The van der Waals surface area contributed by atoms with Gasteiger partial charge in [-0.2, -0.15) is 5.01 Å². The number of hydrogen-bond donors (Lipinski definition) is 0. The highest BCUT2D eigenvalue weighted by Gasteiger charge is 2.54. The fourth-order valence-corrected chi connectivity index (χ4v) is 5.64. The van der Waals surface area contributed by atoms with Gasteiger partial charge in [-0.1, -0.05) is 55.1 Å². The molecule has 4 atom stereocenters. The molecule has 1 aliphatic carbocycles. The maximum absolute atomic E-state index is 13.4. The number of Topliss-reactive ketones (excluding diaryl/α,β-unsaturated/α-hetero) is 1. The van der Waals surface area contributed by atoms with E-state index in [4.69, 9.17) is 23.2 Å². The molecule has 0 radical (unpaired) electrons. The molecule has 1 heterocycles. The number of ketones is 1. The van der Waals surface area contributed by atoms with Crippen molar-refractivity contribution in [3.05, 3.63) is 69.7 Å². The molecule has 0 unspecified atom stereocenters. The topological polar surface area (TPSA) is 74.8 Å². The van der Waals surface area contributed by atoms with E-state index in [0.29, 0.717) is 28.5 Å². The lowest BCUT2D eigenvalue weighted by Gasteiger charge is -2.30. The van der Waals surface area contributed by atoms with Gasteiger partial charge >= 0.3 is 0 Å². The molecule has 10 heteroatoms. The normalized spacial score (nSPS) is 24.5. The van der Waals surface area contributed by atoms with Gasteiger partial charge in [0.05, 0.1) is 11.8 Å². The van der Waals surface area contributed by atoms with Gasteiger partial charge < -0.3 is 0 Å². The van der Waals surface area contributed by atoms with Crippen LogP contribution in [0.15, 0.2) is 48.5 Å². The Kier molecular flexibility index (Phi) is 7.29. The van der Waals surface area contributed by atoms with Crippen molar-refractivity contribution in [2.45, 2.75) is 22.5 Å². The maximum atomic E-state index is 13.4. The number of benzene rings is 2. The summed E-state index contributed by atoms with van der Waals surface area (Å²) in [5.41, 5.74) is 0.515. The van der Waals surface area contributed by atoms with Crippen molar-refractivity contribution in [1.29, 1.82) is 0 Å². The number of imide groups is 1. The van der Waals surface area contributed by atoms with Gasteiger partial charge in [-0.25, -0.2) is 5.01 Å². The van der Waals surface area contributed by atoms with Crippen molar-refractivity contribution in [3.8, 4) is 0 Å². The quantitative estimate of drug-likeness (QED) is 0.264. The number of halogens is 4. The Morgan fingerprint density at radius 1 is 0.818 bits per heavy atom. The van der Waals surface area contributed by atoms with Gasteiger partial charge in [0.15, 0.2) is 5.78 Å². The number of alkyl halides is 2. The van der Waals surface area contributed by atoms with Crippen LogP contribution >= 0.6 is 55.1 Å². The molecule has 2 aromatic rings. The third-order valence-electron chi connectivity index (χ3n) is 5.91. The van der Waals surface area contributed by atoms with E-state index >= 15 is 0 Å². The van der Waals surface area contributed by atoms with Crippen LogP contribution in [0.4, 0.5) is 0 Å². The second kappa shape index (κ2) is 9.86. The average molecular weight is 617 g/mol. The van der Waals surface area contributed by atoms with E-state index in [0.717, 1.165) is 10.0 Å². The summed E-state index contributed by atoms with van der Waals surface area (Å²) in [5, 5.41) is 2.71. The first-order chi connectivity index (χ1) is 15.7. The van der Waals surface area contributed by atoms with Crippen LogP contribution in [0.2, 0.25) is 10.0 Å². The highest BCUT2D eigenvalue weighted by molar-refractivity contribution is 9.12. The Bertz CT molecular complexity index is 1080. The van der Waals surface area contributed by atoms with Gasteiger partial charge in [0, 0.05) is 30.8 Å². The van der Waals surface area contributed by atoms with E-state index in [-0.39, 0.29) is 15.2 Å². The molecule has 2 fully saturated rings. The number of hydrazine groups is 1. The number of carbonyl (C=O) groups excluding carboxylic acids is 4. The average Bonchev–Trinajstić information content (AvgIpc) is 3.02. The smallest absolute Gasteiger partial charge is 0.273 e. The zero-order valence-corrected chi connectivity index (χ0v) is 21.8. The summed E-state index contributed by atoms with van der Waals surface area (Å²) in [6.45, 7) is -0.477. The van der Waals surface area contributed by atoms with Crippen LogP contribution in [-0.4, -0.2) is 49.7 Å². The Morgan fingerprint density at radius 3 is 1.70 bits per heavy atom. The van der Waals surface area contributed by atoms with Crippen LogP contribution in [0.25, 0.3) is 0 Å². The van der Waals surface area contributed by atoms with Crippen LogP contribution in [0.3, 0.4) is 0 Å². The fourth-order valence-electron chi connectivity index (χ4n) is 4.15. The lowest BCUT2D eigenvalue weighted by molar-refractivity contribution is -0.154. The summed E-state index contributed by atoms with van der Waals surface area (Å²) < 4.78 is 0. The molecule has 1 aliphatic heterocycles. The van der Waals surface area contributed by atoms with Gasteiger partial charge in [0.2, 0.25) is 0 Å². The summed E-state index contributed by atoms with van der Waals surface area (Å²) in [5.74, 6) is -3.12. The molecule has 1 saturated carbocycles. The number of rotatable bonds is 5. The van der Waals surface area contributed by atoms with Crippen molar-refractivity contribution < 1.29 is 19.2 Å². The van der Waals surface area contributed by atoms with Crippen molar-refractivity contribution in [1.82, 2.24) is 10.0 Å². The molecule has 0 N–H and O–H groups in total. The Morgan fingerprint density at radius 2 is 1.24 bits per heavy atom. The van der Waals surface area contributed by atoms with E-state index in [1.165, 1.54) is 36.4 Å². The third kappa shape index (κ3) is 4.90. The predicted octanol–water partition coefficient (Wildman–Crippen LogP) is 5.16. The van der Waals surface area contributed by atoms with Crippen LogP contribution in [0.5, 0.6) is 0 Å². The van der Waals surface area contributed by atoms with E-state index in [1.807, 2.05) is 0 Å². The number of nitrogens with zero attached hydrogens (tertiary/aromatic N) is 2. The molecule has 33 heavy (non-hydrogen) atoms. The highest BCUT2D eigenvalue weighted by atomic mass is 79.9. The van der Waals surface area contributed by atoms with Gasteiger partial charge in [0.1, 0.15) is 6.54 Å². The van der Waals surface area contributed by atoms with Crippen LogP contribution in [0.1, 0.15) is 33.6 Å². The predicted molar refractivity (Wildman–Crippen MR) is 132 cm³/mol. The van der Waals surface area contributed by atoms with Gasteiger partial charge in [0.25, 0.3) is 17.7 Å². The van der Waals surface area contributed by atoms with Gasteiger partial charge in [-0.05, 0) is 61.4 Å². The Labute approximate surface area is 217 Å². The van der Waals surface area contributed by atoms with Crippen molar-refractivity contribution >= 4 is 78.6 Å². The second-order valence-electron chi connectivity index (χ2n) is 8.00.